The summed E-state index contributed by atoms with van der Waals surface area (Å²) in [5.74, 6) is 0.704. The molecule has 9 heteroatoms. The number of halogens is 1. The van der Waals surface area contributed by atoms with Gasteiger partial charge in [0.05, 0.1) is 6.26 Å². The van der Waals surface area contributed by atoms with Gasteiger partial charge in [-0.3, -0.25) is 9.89 Å². The first kappa shape index (κ1) is 23.6. The highest BCUT2D eigenvalue weighted by Crippen LogP contribution is 2.10. The van der Waals surface area contributed by atoms with Crippen molar-refractivity contribution in [2.45, 2.75) is 38.3 Å². The molecule has 1 heterocycles. The van der Waals surface area contributed by atoms with Gasteiger partial charge in [0.15, 0.2) is 5.96 Å². The fourth-order valence-corrected chi connectivity index (χ4v) is 3.75. The fourth-order valence-electron chi connectivity index (χ4n) is 2.67. The van der Waals surface area contributed by atoms with Crippen molar-refractivity contribution in [1.29, 1.82) is 0 Å². The molecule has 142 valence electrons. The average molecular weight is 473 g/mol. The number of guanidine groups is 1. The molecule has 7 nitrogen and oxygen atoms in total. The van der Waals surface area contributed by atoms with E-state index in [4.69, 9.17) is 0 Å². The maximum Gasteiger partial charge on any atom is 0.209 e. The summed E-state index contributed by atoms with van der Waals surface area (Å²) in [6.07, 6.45) is 5.21. The van der Waals surface area contributed by atoms with E-state index in [9.17, 15) is 8.42 Å². The summed E-state index contributed by atoms with van der Waals surface area (Å²) in [5, 5.41) is 6.61. The Labute approximate surface area is 163 Å². The summed E-state index contributed by atoms with van der Waals surface area (Å²) in [7, 11) is -1.52. The van der Waals surface area contributed by atoms with Gasteiger partial charge in [0, 0.05) is 44.8 Å². The van der Waals surface area contributed by atoms with Gasteiger partial charge >= 0.3 is 0 Å². The van der Waals surface area contributed by atoms with Crippen LogP contribution in [0.3, 0.4) is 0 Å². The summed E-state index contributed by atoms with van der Waals surface area (Å²) in [5.41, 5.74) is -0.585. The van der Waals surface area contributed by atoms with E-state index in [1.165, 1.54) is 6.26 Å². The Morgan fingerprint density at radius 1 is 1.38 bits per heavy atom. The van der Waals surface area contributed by atoms with Crippen molar-refractivity contribution < 1.29 is 8.42 Å². The highest BCUT2D eigenvalue weighted by Gasteiger charge is 2.23. The lowest BCUT2D eigenvalue weighted by Gasteiger charge is -2.33. The predicted octanol–water partition coefficient (Wildman–Crippen LogP) is 0.748. The van der Waals surface area contributed by atoms with Gasteiger partial charge in [0.2, 0.25) is 10.0 Å². The van der Waals surface area contributed by atoms with Gasteiger partial charge in [-0.1, -0.05) is 6.08 Å². The van der Waals surface area contributed by atoms with E-state index in [1.54, 1.807) is 7.05 Å². The highest BCUT2D eigenvalue weighted by atomic mass is 127. The molecule has 0 radical (unpaired) electrons. The predicted molar refractivity (Wildman–Crippen MR) is 112 cm³/mol. The van der Waals surface area contributed by atoms with Crippen LogP contribution in [0.15, 0.2) is 17.6 Å². The first-order chi connectivity index (χ1) is 10.6. The van der Waals surface area contributed by atoms with Gasteiger partial charge < -0.3 is 10.6 Å². The molecule has 0 bridgehead atoms. The standard InChI is InChI=1S/C15H31N5O2S.HI/c1-6-9-20-10-7-13(8-11-20)18-14(16-4)17-12-15(2,3)19-23(5,21)22;/h6,13,19H,1,7-12H2,2-5H3,(H2,16,17,18);1H. The number of nitrogens with zero attached hydrogens (tertiary/aromatic N) is 2. The van der Waals surface area contributed by atoms with Crippen molar-refractivity contribution in [3.05, 3.63) is 12.7 Å². The summed E-state index contributed by atoms with van der Waals surface area (Å²) in [6.45, 7) is 10.9. The molecule has 3 N–H and O–H groups in total. The molecule has 1 rings (SSSR count). The fraction of sp³-hybridized carbons (Fsp3) is 0.800. The third-order valence-corrected chi connectivity index (χ3v) is 4.62. The van der Waals surface area contributed by atoms with Crippen LogP contribution in [0.25, 0.3) is 0 Å². The molecule has 0 spiro atoms. The lowest BCUT2D eigenvalue weighted by molar-refractivity contribution is 0.225. The zero-order valence-electron chi connectivity index (χ0n) is 15.1. The molecule has 1 aliphatic heterocycles. The van der Waals surface area contributed by atoms with Crippen LogP contribution in [-0.2, 0) is 10.0 Å². The van der Waals surface area contributed by atoms with Crippen LogP contribution in [0.5, 0.6) is 0 Å². The van der Waals surface area contributed by atoms with Gasteiger partial charge in [-0.05, 0) is 26.7 Å². The number of likely N-dealkylation sites (tertiary alicyclic amines) is 1. The zero-order valence-corrected chi connectivity index (χ0v) is 18.3. The number of rotatable bonds is 7. The second kappa shape index (κ2) is 10.6. The maximum atomic E-state index is 11.4. The molecule has 0 unspecified atom stereocenters. The van der Waals surface area contributed by atoms with Crippen LogP contribution in [0.4, 0.5) is 0 Å². The molecule has 0 aromatic heterocycles. The van der Waals surface area contributed by atoms with Crippen molar-refractivity contribution in [2.75, 3.05) is 39.5 Å². The van der Waals surface area contributed by atoms with Crippen LogP contribution in [0.1, 0.15) is 26.7 Å². The minimum absolute atomic E-state index is 0. The highest BCUT2D eigenvalue weighted by molar-refractivity contribution is 14.0. The summed E-state index contributed by atoms with van der Waals surface area (Å²) in [4.78, 5) is 6.60. The Kier molecular flexibility index (Phi) is 10.4. The van der Waals surface area contributed by atoms with E-state index in [0.717, 1.165) is 32.5 Å². The number of nitrogens with one attached hydrogen (secondary N) is 3. The summed E-state index contributed by atoms with van der Waals surface area (Å²) in [6, 6.07) is 0.383. The number of aliphatic imine (C=N–C) groups is 1. The normalized spacial score (nSPS) is 17.9. The van der Waals surface area contributed by atoms with Gasteiger partial charge in [0.25, 0.3) is 0 Å². The van der Waals surface area contributed by atoms with Gasteiger partial charge in [0.1, 0.15) is 0 Å². The first-order valence-electron chi connectivity index (χ1n) is 7.94. The van der Waals surface area contributed by atoms with Crippen molar-refractivity contribution in [3.63, 3.8) is 0 Å². The first-order valence-corrected chi connectivity index (χ1v) is 9.84. The van der Waals surface area contributed by atoms with Gasteiger partial charge in [-0.2, -0.15) is 0 Å². The molecule has 1 aliphatic rings. The van der Waals surface area contributed by atoms with Crippen molar-refractivity contribution in [2.24, 2.45) is 4.99 Å². The largest absolute Gasteiger partial charge is 0.355 e. The topological polar surface area (TPSA) is 85.8 Å². The van der Waals surface area contributed by atoms with E-state index in [-0.39, 0.29) is 24.0 Å². The Bertz CT molecular complexity index is 514. The smallest absolute Gasteiger partial charge is 0.209 e. The lowest BCUT2D eigenvalue weighted by Crippen LogP contribution is -2.55. The quantitative estimate of drug-likeness (QED) is 0.220. The minimum Gasteiger partial charge on any atom is -0.355 e. The minimum atomic E-state index is -3.24. The summed E-state index contributed by atoms with van der Waals surface area (Å²) < 4.78 is 25.3. The molecular weight excluding hydrogens is 441 g/mol. The molecule has 24 heavy (non-hydrogen) atoms. The van der Waals surface area contributed by atoms with Crippen LogP contribution in [0.2, 0.25) is 0 Å². The Morgan fingerprint density at radius 2 is 1.96 bits per heavy atom. The Hall–Kier alpha value is -0.390. The monoisotopic (exact) mass is 473 g/mol. The van der Waals surface area contributed by atoms with Crippen molar-refractivity contribution in [3.8, 4) is 0 Å². The molecular formula is C15H32IN5O2S. The molecule has 0 atom stereocenters. The van der Waals surface area contributed by atoms with E-state index in [2.05, 4.69) is 31.8 Å². The van der Waals surface area contributed by atoms with E-state index in [0.29, 0.717) is 18.5 Å². The Morgan fingerprint density at radius 3 is 2.42 bits per heavy atom. The average Bonchev–Trinajstić information content (AvgIpc) is 2.43. The molecule has 1 fully saturated rings. The van der Waals surface area contributed by atoms with Crippen LogP contribution in [-0.4, -0.2) is 70.3 Å². The van der Waals surface area contributed by atoms with Crippen molar-refractivity contribution >= 4 is 40.0 Å². The Balaban J connectivity index is 0.00000529. The third kappa shape index (κ3) is 9.80. The number of hydrogen-bond acceptors (Lipinski definition) is 4. The van der Waals surface area contributed by atoms with Crippen LogP contribution < -0.4 is 15.4 Å². The molecule has 0 aliphatic carbocycles. The second-order valence-corrected chi connectivity index (χ2v) is 8.44. The van der Waals surface area contributed by atoms with E-state index in [1.807, 2.05) is 19.9 Å². The number of sulfonamides is 1. The molecule has 0 aromatic rings. The van der Waals surface area contributed by atoms with Gasteiger partial charge in [-0.15, -0.1) is 30.6 Å². The maximum absolute atomic E-state index is 11.4. The van der Waals surface area contributed by atoms with Crippen LogP contribution in [0, 0.1) is 0 Å². The molecule has 0 amide bonds. The van der Waals surface area contributed by atoms with Crippen LogP contribution >= 0.6 is 24.0 Å². The lowest BCUT2D eigenvalue weighted by atomic mass is 10.1. The number of hydrogen-bond donors (Lipinski definition) is 3. The molecule has 1 saturated heterocycles. The SMILES string of the molecule is C=CCN1CCC(NC(=NC)NCC(C)(C)NS(C)(=O)=O)CC1.I. The second-order valence-electron chi connectivity index (χ2n) is 6.69. The summed E-state index contributed by atoms with van der Waals surface area (Å²) >= 11 is 0. The van der Waals surface area contributed by atoms with Gasteiger partial charge in [-0.25, -0.2) is 13.1 Å². The number of piperidine rings is 1. The molecule has 0 aromatic carbocycles. The molecule has 0 saturated carbocycles. The van der Waals surface area contributed by atoms with E-state index >= 15 is 0 Å². The zero-order chi connectivity index (χ0) is 17.5. The van der Waals surface area contributed by atoms with E-state index < -0.39 is 15.6 Å². The third-order valence-electron chi connectivity index (χ3n) is 3.70. The van der Waals surface area contributed by atoms with Crippen molar-refractivity contribution in [1.82, 2.24) is 20.3 Å².